The fraction of sp³-hybridized carbons (Fsp3) is 0.333. The Morgan fingerprint density at radius 1 is 1.06 bits per heavy atom. The van der Waals surface area contributed by atoms with Crippen molar-refractivity contribution in [1.82, 2.24) is 20.1 Å². The lowest BCUT2D eigenvalue weighted by atomic mass is 10.1. The molecule has 0 aliphatic carbocycles. The van der Waals surface area contributed by atoms with Gasteiger partial charge in [-0.05, 0) is 30.3 Å². The summed E-state index contributed by atoms with van der Waals surface area (Å²) in [5.74, 6) is 0.164. The number of hydrogen-bond acceptors (Lipinski definition) is 6. The maximum Gasteiger partial charge on any atom is 0.267 e. The standard InChI is InChI=1S/C27H32N4O5/c1-30-18-20(21-6-4-5-7-23(21)30)16-22(27(33)28-10-11-31-12-14-36-15-13-31)29-26(32)19-8-9-24(34-2)25(17-19)35-3/h4-9,16-18H,10-15H2,1-3H3,(H,28,33)(H,29,32)/b22-16+. The molecule has 0 unspecified atom stereocenters. The van der Waals surface area contributed by atoms with Gasteiger partial charge in [-0.25, -0.2) is 0 Å². The van der Waals surface area contributed by atoms with E-state index < -0.39 is 5.91 Å². The van der Waals surface area contributed by atoms with E-state index >= 15 is 0 Å². The number of para-hydroxylation sites is 1. The van der Waals surface area contributed by atoms with E-state index in [1.807, 2.05) is 42.1 Å². The van der Waals surface area contributed by atoms with E-state index in [1.165, 1.54) is 14.2 Å². The monoisotopic (exact) mass is 492 g/mol. The molecule has 1 saturated heterocycles. The molecule has 0 spiro atoms. The molecule has 1 aliphatic heterocycles. The van der Waals surface area contributed by atoms with Gasteiger partial charge in [0.2, 0.25) is 0 Å². The molecule has 2 heterocycles. The third kappa shape index (κ3) is 5.87. The number of nitrogens with one attached hydrogen (secondary N) is 2. The number of carbonyl (C=O) groups is 2. The number of nitrogens with zero attached hydrogens (tertiary/aromatic N) is 2. The molecule has 2 N–H and O–H groups in total. The molecule has 9 nitrogen and oxygen atoms in total. The number of benzene rings is 2. The van der Waals surface area contributed by atoms with Gasteiger partial charge in [0.25, 0.3) is 11.8 Å². The van der Waals surface area contributed by atoms with Crippen molar-refractivity contribution in [3.05, 3.63) is 65.5 Å². The van der Waals surface area contributed by atoms with Crippen LogP contribution in [0.5, 0.6) is 11.5 Å². The highest BCUT2D eigenvalue weighted by Crippen LogP contribution is 2.28. The summed E-state index contributed by atoms with van der Waals surface area (Å²) >= 11 is 0. The van der Waals surface area contributed by atoms with Gasteiger partial charge in [-0.15, -0.1) is 0 Å². The van der Waals surface area contributed by atoms with Crippen molar-refractivity contribution in [2.75, 3.05) is 53.6 Å². The highest BCUT2D eigenvalue weighted by Gasteiger charge is 2.18. The summed E-state index contributed by atoms with van der Waals surface area (Å²) < 4.78 is 18.0. The van der Waals surface area contributed by atoms with Gasteiger partial charge in [-0.2, -0.15) is 0 Å². The van der Waals surface area contributed by atoms with Crippen LogP contribution in [0.1, 0.15) is 15.9 Å². The maximum absolute atomic E-state index is 13.2. The Kier molecular flexibility index (Phi) is 8.24. The molecular weight excluding hydrogens is 460 g/mol. The first-order chi connectivity index (χ1) is 17.5. The van der Waals surface area contributed by atoms with Gasteiger partial charge < -0.3 is 29.4 Å². The second-order valence-electron chi connectivity index (χ2n) is 8.50. The number of morpholine rings is 1. The minimum atomic E-state index is -0.425. The van der Waals surface area contributed by atoms with Crippen molar-refractivity contribution in [1.29, 1.82) is 0 Å². The number of methoxy groups -OCH3 is 2. The SMILES string of the molecule is COc1ccc(C(=O)N/C(=C/c2cn(C)c3ccccc23)C(=O)NCCN2CCOCC2)cc1OC. The van der Waals surface area contributed by atoms with E-state index in [2.05, 4.69) is 15.5 Å². The van der Waals surface area contributed by atoms with Crippen molar-refractivity contribution in [2.45, 2.75) is 0 Å². The molecule has 1 fully saturated rings. The Bertz CT molecular complexity index is 1260. The van der Waals surface area contributed by atoms with Crippen molar-refractivity contribution in [3.8, 4) is 11.5 Å². The maximum atomic E-state index is 13.2. The van der Waals surface area contributed by atoms with E-state index in [4.69, 9.17) is 14.2 Å². The van der Waals surface area contributed by atoms with Crippen LogP contribution in [-0.2, 0) is 16.6 Å². The van der Waals surface area contributed by atoms with Crippen molar-refractivity contribution in [3.63, 3.8) is 0 Å². The summed E-state index contributed by atoms with van der Waals surface area (Å²) in [4.78, 5) is 28.6. The highest BCUT2D eigenvalue weighted by molar-refractivity contribution is 6.06. The van der Waals surface area contributed by atoms with Crippen LogP contribution in [0, 0.1) is 0 Å². The highest BCUT2D eigenvalue weighted by atomic mass is 16.5. The molecular formula is C27H32N4O5. The molecule has 3 aromatic rings. The van der Waals surface area contributed by atoms with Crippen LogP contribution in [0.3, 0.4) is 0 Å². The second-order valence-corrected chi connectivity index (χ2v) is 8.50. The van der Waals surface area contributed by atoms with Crippen LogP contribution in [0.25, 0.3) is 17.0 Å². The number of carbonyl (C=O) groups excluding carboxylic acids is 2. The number of amides is 2. The summed E-state index contributed by atoms with van der Waals surface area (Å²) in [7, 11) is 4.99. The van der Waals surface area contributed by atoms with Gasteiger partial charge in [0.15, 0.2) is 11.5 Å². The van der Waals surface area contributed by atoms with Crippen LogP contribution in [0.2, 0.25) is 0 Å². The third-order valence-electron chi connectivity index (χ3n) is 6.18. The fourth-order valence-corrected chi connectivity index (χ4v) is 4.22. The second kappa shape index (κ2) is 11.7. The Hall–Kier alpha value is -3.82. The van der Waals surface area contributed by atoms with Gasteiger partial charge in [0.05, 0.1) is 27.4 Å². The number of fused-ring (bicyclic) bond motifs is 1. The summed E-state index contributed by atoms with van der Waals surface area (Å²) in [5, 5.41) is 6.74. The van der Waals surface area contributed by atoms with Crippen LogP contribution < -0.4 is 20.1 Å². The number of ether oxygens (including phenoxy) is 3. The van der Waals surface area contributed by atoms with Crippen LogP contribution in [0.4, 0.5) is 0 Å². The Labute approximate surface area is 210 Å². The Morgan fingerprint density at radius 3 is 2.56 bits per heavy atom. The normalized spacial score (nSPS) is 14.5. The van der Waals surface area contributed by atoms with E-state index in [1.54, 1.807) is 24.3 Å². The van der Waals surface area contributed by atoms with E-state index in [0.29, 0.717) is 43.4 Å². The molecule has 2 aromatic carbocycles. The smallest absolute Gasteiger partial charge is 0.267 e. The van der Waals surface area contributed by atoms with E-state index in [0.717, 1.165) is 29.6 Å². The minimum Gasteiger partial charge on any atom is -0.493 e. The topological polar surface area (TPSA) is 94.1 Å². The van der Waals surface area contributed by atoms with Gasteiger partial charge in [0, 0.05) is 61.5 Å². The first-order valence-corrected chi connectivity index (χ1v) is 11.9. The molecule has 0 bridgehead atoms. The lowest BCUT2D eigenvalue weighted by molar-refractivity contribution is -0.117. The van der Waals surface area contributed by atoms with Gasteiger partial charge >= 0.3 is 0 Å². The molecule has 9 heteroatoms. The number of aromatic nitrogens is 1. The lowest BCUT2D eigenvalue weighted by Gasteiger charge is -2.26. The van der Waals surface area contributed by atoms with Gasteiger partial charge in [-0.1, -0.05) is 18.2 Å². The van der Waals surface area contributed by atoms with Gasteiger partial charge in [-0.3, -0.25) is 14.5 Å². The molecule has 0 radical (unpaired) electrons. The van der Waals surface area contributed by atoms with Gasteiger partial charge in [0.1, 0.15) is 5.70 Å². The predicted molar refractivity (Wildman–Crippen MR) is 138 cm³/mol. The lowest BCUT2D eigenvalue weighted by Crippen LogP contribution is -2.42. The van der Waals surface area contributed by atoms with Crippen LogP contribution in [0.15, 0.2) is 54.4 Å². The molecule has 190 valence electrons. The number of rotatable bonds is 9. The molecule has 36 heavy (non-hydrogen) atoms. The molecule has 2 amide bonds. The zero-order valence-corrected chi connectivity index (χ0v) is 20.9. The minimum absolute atomic E-state index is 0.160. The first-order valence-electron chi connectivity index (χ1n) is 11.9. The molecule has 1 aliphatic rings. The van der Waals surface area contributed by atoms with Crippen molar-refractivity contribution >= 4 is 28.8 Å². The summed E-state index contributed by atoms with van der Waals surface area (Å²) in [6.45, 7) is 4.23. The molecule has 4 rings (SSSR count). The first kappa shape index (κ1) is 25.3. The van der Waals surface area contributed by atoms with Crippen molar-refractivity contribution in [2.24, 2.45) is 7.05 Å². The summed E-state index contributed by atoms with van der Waals surface area (Å²) in [6, 6.07) is 12.8. The third-order valence-corrected chi connectivity index (χ3v) is 6.18. The average molecular weight is 493 g/mol. The quantitative estimate of drug-likeness (QED) is 0.446. The Balaban J connectivity index is 1.58. The van der Waals surface area contributed by atoms with Crippen LogP contribution >= 0.6 is 0 Å². The molecule has 1 aromatic heterocycles. The van der Waals surface area contributed by atoms with E-state index in [9.17, 15) is 9.59 Å². The molecule has 0 atom stereocenters. The Morgan fingerprint density at radius 2 is 1.81 bits per heavy atom. The summed E-state index contributed by atoms with van der Waals surface area (Å²) in [6.07, 6.45) is 3.65. The molecule has 0 saturated carbocycles. The fourth-order valence-electron chi connectivity index (χ4n) is 4.22. The number of hydrogen-bond donors (Lipinski definition) is 2. The average Bonchev–Trinajstić information content (AvgIpc) is 3.23. The van der Waals surface area contributed by atoms with E-state index in [-0.39, 0.29) is 11.6 Å². The van der Waals surface area contributed by atoms with Crippen molar-refractivity contribution < 1.29 is 23.8 Å². The predicted octanol–water partition coefficient (Wildman–Crippen LogP) is 2.41. The number of aryl methyl sites for hydroxylation is 1. The van der Waals surface area contributed by atoms with Crippen LogP contribution in [-0.4, -0.2) is 74.9 Å². The zero-order valence-electron chi connectivity index (χ0n) is 20.9. The summed E-state index contributed by atoms with van der Waals surface area (Å²) in [5.41, 5.74) is 2.37. The zero-order chi connectivity index (χ0) is 25.5. The largest absolute Gasteiger partial charge is 0.493 e.